The second kappa shape index (κ2) is 8.48. The minimum absolute atomic E-state index is 0.0496. The lowest BCUT2D eigenvalue weighted by Gasteiger charge is -2.17. The predicted octanol–water partition coefficient (Wildman–Crippen LogP) is 4.16. The minimum atomic E-state index is -0.574. The normalized spacial score (nSPS) is 11.7. The second-order valence-electron chi connectivity index (χ2n) is 5.71. The van der Waals surface area contributed by atoms with Crippen molar-refractivity contribution < 1.29 is 14.1 Å². The van der Waals surface area contributed by atoms with E-state index in [0.29, 0.717) is 10.8 Å². The molecule has 0 fully saturated rings. The molecule has 2 N–H and O–H groups in total. The van der Waals surface area contributed by atoms with E-state index < -0.39 is 10.8 Å². The van der Waals surface area contributed by atoms with Crippen LogP contribution in [0, 0.1) is 10.1 Å². The highest BCUT2D eigenvalue weighted by Crippen LogP contribution is 2.27. The third-order valence-corrected chi connectivity index (χ3v) is 4.09. The lowest BCUT2D eigenvalue weighted by atomic mass is 10.0. The zero-order chi connectivity index (χ0) is 19.2. The van der Waals surface area contributed by atoms with Crippen LogP contribution in [-0.4, -0.2) is 17.4 Å². The highest BCUT2D eigenvalue weighted by Gasteiger charge is 2.19. The van der Waals surface area contributed by atoms with E-state index in [1.807, 2.05) is 36.4 Å². The van der Waals surface area contributed by atoms with Gasteiger partial charge in [0.25, 0.3) is 5.69 Å². The van der Waals surface area contributed by atoms with Crippen LogP contribution in [0.1, 0.15) is 17.4 Å². The van der Waals surface area contributed by atoms with Gasteiger partial charge in [-0.1, -0.05) is 41.9 Å². The first kappa shape index (κ1) is 18.6. The van der Waals surface area contributed by atoms with Gasteiger partial charge in [-0.05, 0) is 29.8 Å². The number of amides is 1. The van der Waals surface area contributed by atoms with Gasteiger partial charge in [0, 0.05) is 11.1 Å². The lowest BCUT2D eigenvalue weighted by molar-refractivity contribution is -0.383. The first-order valence-corrected chi connectivity index (χ1v) is 8.48. The Balaban J connectivity index is 1.72. The molecule has 0 spiro atoms. The first-order valence-electron chi connectivity index (χ1n) is 8.10. The number of anilines is 1. The summed E-state index contributed by atoms with van der Waals surface area (Å²) in [5.74, 6) is 0.218. The van der Waals surface area contributed by atoms with Crippen LogP contribution in [-0.2, 0) is 4.79 Å². The van der Waals surface area contributed by atoms with Crippen molar-refractivity contribution in [3.8, 4) is 0 Å². The number of hydrogen-bond donors (Lipinski definition) is 2. The molecule has 1 heterocycles. The second-order valence-corrected chi connectivity index (χ2v) is 6.14. The van der Waals surface area contributed by atoms with Crippen LogP contribution in [0.2, 0.25) is 5.02 Å². The van der Waals surface area contributed by atoms with Gasteiger partial charge in [0.05, 0.1) is 23.8 Å². The van der Waals surface area contributed by atoms with Crippen molar-refractivity contribution in [3.05, 3.63) is 93.4 Å². The van der Waals surface area contributed by atoms with E-state index in [4.69, 9.17) is 16.0 Å². The van der Waals surface area contributed by atoms with Crippen LogP contribution < -0.4 is 10.6 Å². The number of carbonyl (C=O) groups is 1. The Kier molecular flexibility index (Phi) is 5.85. The van der Waals surface area contributed by atoms with Crippen molar-refractivity contribution in [1.29, 1.82) is 0 Å². The summed E-state index contributed by atoms with van der Waals surface area (Å²) in [7, 11) is 0. The molecule has 0 unspecified atom stereocenters. The fourth-order valence-electron chi connectivity index (χ4n) is 2.64. The molecule has 3 aromatic rings. The lowest BCUT2D eigenvalue weighted by Crippen LogP contribution is -2.31. The van der Waals surface area contributed by atoms with Crippen LogP contribution in [0.15, 0.2) is 71.3 Å². The van der Waals surface area contributed by atoms with Crippen molar-refractivity contribution >= 4 is 28.9 Å². The number of rotatable bonds is 7. The average Bonchev–Trinajstić information content (AvgIpc) is 3.17. The third kappa shape index (κ3) is 4.72. The molecule has 0 radical (unpaired) electrons. The van der Waals surface area contributed by atoms with E-state index in [1.165, 1.54) is 18.2 Å². The Labute approximate surface area is 160 Å². The molecule has 0 aliphatic heterocycles. The molecule has 0 aliphatic rings. The van der Waals surface area contributed by atoms with Crippen molar-refractivity contribution in [2.24, 2.45) is 0 Å². The van der Waals surface area contributed by atoms with Crippen molar-refractivity contribution in [3.63, 3.8) is 0 Å². The van der Waals surface area contributed by atoms with Gasteiger partial charge in [0.1, 0.15) is 11.4 Å². The number of nitro groups is 1. The fourth-order valence-corrected chi connectivity index (χ4v) is 2.81. The van der Waals surface area contributed by atoms with E-state index in [9.17, 15) is 14.9 Å². The van der Waals surface area contributed by atoms with Gasteiger partial charge >= 0.3 is 0 Å². The van der Waals surface area contributed by atoms with Crippen molar-refractivity contribution in [1.82, 2.24) is 5.32 Å². The van der Waals surface area contributed by atoms with E-state index in [0.717, 1.165) is 5.56 Å². The van der Waals surface area contributed by atoms with Gasteiger partial charge < -0.3 is 9.73 Å². The van der Waals surface area contributed by atoms with Gasteiger partial charge in [0.15, 0.2) is 0 Å². The van der Waals surface area contributed by atoms with Crippen LogP contribution in [0.25, 0.3) is 0 Å². The number of hydrogen-bond acceptors (Lipinski definition) is 5. The molecule has 27 heavy (non-hydrogen) atoms. The molecule has 3 rings (SSSR count). The van der Waals surface area contributed by atoms with E-state index in [1.54, 1.807) is 12.3 Å². The average molecular weight is 386 g/mol. The van der Waals surface area contributed by atoms with Crippen LogP contribution in [0.4, 0.5) is 11.4 Å². The molecule has 1 atom stereocenters. The highest BCUT2D eigenvalue weighted by atomic mass is 35.5. The van der Waals surface area contributed by atoms with Gasteiger partial charge in [-0.25, -0.2) is 0 Å². The molecule has 138 valence electrons. The third-order valence-electron chi connectivity index (χ3n) is 3.86. The van der Waals surface area contributed by atoms with Crippen LogP contribution >= 0.6 is 11.6 Å². The Bertz CT molecular complexity index is 929. The molecule has 7 nitrogen and oxygen atoms in total. The summed E-state index contributed by atoms with van der Waals surface area (Å²) in [6.07, 6.45) is 1.56. The summed E-state index contributed by atoms with van der Waals surface area (Å²) >= 11 is 5.88. The number of nitrogens with zero attached hydrogens (tertiary/aromatic N) is 1. The summed E-state index contributed by atoms with van der Waals surface area (Å²) in [6, 6.07) is 16.8. The first-order chi connectivity index (χ1) is 13.0. The smallest absolute Gasteiger partial charge is 0.292 e. The topological polar surface area (TPSA) is 97.4 Å². The monoisotopic (exact) mass is 385 g/mol. The van der Waals surface area contributed by atoms with Crippen molar-refractivity contribution in [2.45, 2.75) is 6.04 Å². The number of halogens is 1. The predicted molar refractivity (Wildman–Crippen MR) is 102 cm³/mol. The molecule has 0 saturated heterocycles. The summed E-state index contributed by atoms with van der Waals surface area (Å²) in [5, 5.41) is 17.0. The molecular formula is C19H16ClN3O4. The van der Waals surface area contributed by atoms with E-state index in [-0.39, 0.29) is 24.0 Å². The molecule has 0 saturated carbocycles. The Morgan fingerprint density at radius 1 is 1.15 bits per heavy atom. The summed E-state index contributed by atoms with van der Waals surface area (Å²) in [4.78, 5) is 22.9. The van der Waals surface area contributed by atoms with Gasteiger partial charge in [-0.15, -0.1) is 0 Å². The van der Waals surface area contributed by atoms with E-state index in [2.05, 4.69) is 10.6 Å². The largest absolute Gasteiger partial charge is 0.467 e. The molecule has 0 bridgehead atoms. The van der Waals surface area contributed by atoms with Crippen LogP contribution in [0.3, 0.4) is 0 Å². The molecule has 8 heteroatoms. The number of benzene rings is 2. The number of nitro benzene ring substituents is 1. The Morgan fingerprint density at radius 2 is 1.93 bits per heavy atom. The maximum Gasteiger partial charge on any atom is 0.292 e. The Hall–Kier alpha value is -3.16. The number of nitrogens with one attached hydrogen (secondary N) is 2. The zero-order valence-corrected chi connectivity index (χ0v) is 14.8. The quantitative estimate of drug-likeness (QED) is 0.470. The molecule has 2 aromatic carbocycles. The highest BCUT2D eigenvalue weighted by molar-refractivity contribution is 6.31. The maximum atomic E-state index is 12.3. The van der Waals surface area contributed by atoms with E-state index >= 15 is 0 Å². The maximum absolute atomic E-state index is 12.3. The molecular weight excluding hydrogens is 370 g/mol. The van der Waals surface area contributed by atoms with Crippen LogP contribution in [0.5, 0.6) is 0 Å². The summed E-state index contributed by atoms with van der Waals surface area (Å²) in [5.41, 5.74) is 0.751. The number of furan rings is 1. The SMILES string of the molecule is O=C(CN[C@@H](c1ccccc1)c1ccco1)Nc1cc(Cl)ccc1[N+](=O)[O-]. The van der Waals surface area contributed by atoms with Crippen molar-refractivity contribution in [2.75, 3.05) is 11.9 Å². The number of carbonyl (C=O) groups excluding carboxylic acids is 1. The summed E-state index contributed by atoms with van der Waals surface area (Å²) < 4.78 is 5.47. The molecule has 1 amide bonds. The molecule has 1 aromatic heterocycles. The van der Waals surface area contributed by atoms with Gasteiger partial charge in [-0.2, -0.15) is 0 Å². The molecule has 0 aliphatic carbocycles. The minimum Gasteiger partial charge on any atom is -0.467 e. The Morgan fingerprint density at radius 3 is 2.59 bits per heavy atom. The summed E-state index contributed by atoms with van der Waals surface area (Å²) in [6.45, 7) is -0.0794. The fraction of sp³-hybridized carbons (Fsp3) is 0.105. The zero-order valence-electron chi connectivity index (χ0n) is 14.1. The van der Waals surface area contributed by atoms with Gasteiger partial charge in [0.2, 0.25) is 5.91 Å². The standard InChI is InChI=1S/C19H16ClN3O4/c20-14-8-9-16(23(25)26)15(11-14)22-18(24)12-21-19(17-7-4-10-27-17)13-5-2-1-3-6-13/h1-11,19,21H,12H2,(H,22,24)/t19-/m0/s1. The van der Waals surface area contributed by atoms with Gasteiger partial charge in [-0.3, -0.25) is 20.2 Å².